The second-order valence-corrected chi connectivity index (χ2v) is 7.47. The number of para-hydroxylation sites is 2. The molecule has 1 fully saturated rings. The molecule has 2 aliphatic heterocycles. The van der Waals surface area contributed by atoms with Crippen molar-refractivity contribution >= 4 is 21.6 Å². The third-order valence-corrected chi connectivity index (χ3v) is 5.70. The summed E-state index contributed by atoms with van der Waals surface area (Å²) in [6, 6.07) is 12.5. The monoisotopic (exact) mass is 419 g/mol. The number of hydrogen-bond acceptors (Lipinski definition) is 4. The molecule has 1 saturated heterocycles. The summed E-state index contributed by atoms with van der Waals surface area (Å²) in [5, 5.41) is 0. The van der Waals surface area contributed by atoms with Gasteiger partial charge in [-0.2, -0.15) is 0 Å². The van der Waals surface area contributed by atoms with Gasteiger partial charge in [0.25, 0.3) is 0 Å². The maximum atomic E-state index is 5.79. The topological polar surface area (TPSA) is 35.4 Å². The predicted octanol–water partition coefficient (Wildman–Crippen LogP) is 2.48. The summed E-state index contributed by atoms with van der Waals surface area (Å²) in [5.41, 5.74) is 2.48. The second kappa shape index (κ2) is 7.76. The first-order chi connectivity index (χ1) is 12.7. The van der Waals surface area contributed by atoms with E-state index in [1.165, 1.54) is 11.3 Å². The van der Waals surface area contributed by atoms with Crippen LogP contribution in [0.4, 0.5) is 5.69 Å². The zero-order chi connectivity index (χ0) is 17.9. The first-order valence-corrected chi connectivity index (χ1v) is 9.92. The Morgan fingerprint density at radius 3 is 2.62 bits per heavy atom. The largest absolute Gasteiger partial charge is 0.492 e. The van der Waals surface area contributed by atoms with E-state index in [0.717, 1.165) is 54.4 Å². The fourth-order valence-corrected chi connectivity index (χ4v) is 4.06. The van der Waals surface area contributed by atoms with Crippen LogP contribution in [-0.2, 0) is 6.54 Å². The van der Waals surface area contributed by atoms with Crippen molar-refractivity contribution in [2.75, 3.05) is 44.5 Å². The van der Waals surface area contributed by atoms with Crippen LogP contribution in [0.2, 0.25) is 0 Å². The normalized spacial score (nSPS) is 16.8. The maximum Gasteiger partial charge on any atom is 0.231 e. The van der Waals surface area contributed by atoms with E-state index in [1.807, 2.05) is 19.1 Å². The molecule has 0 amide bonds. The second-order valence-electron chi connectivity index (χ2n) is 6.61. The number of hydrogen-bond donors (Lipinski definition) is 1. The third kappa shape index (κ3) is 3.62. The summed E-state index contributed by atoms with van der Waals surface area (Å²) >= 11 is 3.68. The van der Waals surface area contributed by atoms with Gasteiger partial charge in [0.15, 0.2) is 11.5 Å². The van der Waals surface area contributed by atoms with Crippen molar-refractivity contribution in [2.24, 2.45) is 0 Å². The Labute approximate surface area is 162 Å². The molecular weight excluding hydrogens is 396 g/mol. The van der Waals surface area contributed by atoms with Crippen LogP contribution in [0.3, 0.4) is 0 Å². The lowest BCUT2D eigenvalue weighted by atomic mass is 10.1. The Balaban J connectivity index is 1.40. The molecule has 2 aromatic rings. The van der Waals surface area contributed by atoms with Gasteiger partial charge in [0.2, 0.25) is 6.79 Å². The summed E-state index contributed by atoms with van der Waals surface area (Å²) in [6.45, 7) is 8.28. The zero-order valence-corrected chi connectivity index (χ0v) is 16.5. The molecule has 1 N–H and O–H groups in total. The van der Waals surface area contributed by atoms with E-state index in [9.17, 15) is 0 Å². The van der Waals surface area contributed by atoms with E-state index in [1.54, 1.807) is 4.90 Å². The van der Waals surface area contributed by atoms with Gasteiger partial charge in [-0.3, -0.25) is 0 Å². The average molecular weight is 420 g/mol. The number of benzene rings is 2. The van der Waals surface area contributed by atoms with E-state index in [0.29, 0.717) is 13.4 Å². The third-order valence-electron chi connectivity index (χ3n) is 4.96. The van der Waals surface area contributed by atoms with Crippen molar-refractivity contribution in [3.8, 4) is 17.2 Å². The van der Waals surface area contributed by atoms with Crippen molar-refractivity contribution in [3.05, 3.63) is 46.4 Å². The highest BCUT2D eigenvalue weighted by atomic mass is 79.9. The Morgan fingerprint density at radius 1 is 1.12 bits per heavy atom. The first-order valence-electron chi connectivity index (χ1n) is 9.13. The summed E-state index contributed by atoms with van der Waals surface area (Å²) < 4.78 is 17.8. The van der Waals surface area contributed by atoms with Crippen molar-refractivity contribution in [3.63, 3.8) is 0 Å². The van der Waals surface area contributed by atoms with Gasteiger partial charge in [-0.15, -0.1) is 0 Å². The van der Waals surface area contributed by atoms with E-state index >= 15 is 0 Å². The molecule has 2 aliphatic rings. The highest BCUT2D eigenvalue weighted by Crippen LogP contribution is 2.36. The molecule has 2 aromatic carbocycles. The molecule has 0 aliphatic carbocycles. The number of piperazine rings is 1. The van der Waals surface area contributed by atoms with Gasteiger partial charge in [-0.1, -0.05) is 28.1 Å². The quantitative estimate of drug-likeness (QED) is 0.807. The molecule has 4 rings (SSSR count). The molecule has 0 saturated carbocycles. The Hall–Kier alpha value is -1.92. The van der Waals surface area contributed by atoms with Crippen LogP contribution in [0, 0.1) is 0 Å². The lowest BCUT2D eigenvalue weighted by molar-refractivity contribution is -0.914. The van der Waals surface area contributed by atoms with Gasteiger partial charge >= 0.3 is 0 Å². The van der Waals surface area contributed by atoms with E-state index < -0.39 is 0 Å². The van der Waals surface area contributed by atoms with Crippen LogP contribution in [0.25, 0.3) is 0 Å². The van der Waals surface area contributed by atoms with Crippen molar-refractivity contribution in [1.82, 2.24) is 0 Å². The number of halogens is 1. The lowest BCUT2D eigenvalue weighted by Crippen LogP contribution is -3.13. The molecule has 0 radical (unpaired) electrons. The van der Waals surface area contributed by atoms with E-state index in [4.69, 9.17) is 14.2 Å². The lowest BCUT2D eigenvalue weighted by Gasteiger charge is -2.34. The number of rotatable bonds is 5. The van der Waals surface area contributed by atoms with Crippen molar-refractivity contribution in [1.29, 1.82) is 0 Å². The molecule has 0 atom stereocenters. The van der Waals surface area contributed by atoms with Crippen LogP contribution in [-0.4, -0.2) is 39.6 Å². The Kier molecular flexibility index (Phi) is 5.22. The van der Waals surface area contributed by atoms with Crippen LogP contribution >= 0.6 is 15.9 Å². The summed E-state index contributed by atoms with van der Waals surface area (Å²) in [5.74, 6) is 2.66. The van der Waals surface area contributed by atoms with Gasteiger partial charge in [-0.05, 0) is 31.2 Å². The first kappa shape index (κ1) is 17.5. The smallest absolute Gasteiger partial charge is 0.231 e. The summed E-state index contributed by atoms with van der Waals surface area (Å²) in [4.78, 5) is 4.01. The average Bonchev–Trinajstić information content (AvgIpc) is 3.11. The zero-order valence-electron chi connectivity index (χ0n) is 15.0. The fourth-order valence-electron chi connectivity index (χ4n) is 3.60. The van der Waals surface area contributed by atoms with Crippen molar-refractivity contribution < 1.29 is 19.1 Å². The molecule has 0 aromatic heterocycles. The predicted molar refractivity (Wildman–Crippen MR) is 104 cm³/mol. The molecule has 26 heavy (non-hydrogen) atoms. The minimum atomic E-state index is 0.315. The highest BCUT2D eigenvalue weighted by molar-refractivity contribution is 9.10. The number of ether oxygens (including phenoxy) is 3. The summed E-state index contributed by atoms with van der Waals surface area (Å²) in [7, 11) is 0. The van der Waals surface area contributed by atoms with Crippen LogP contribution in [0.5, 0.6) is 17.2 Å². The molecular formula is C20H24BrN2O3+. The molecule has 5 nitrogen and oxygen atoms in total. The molecule has 6 heteroatoms. The van der Waals surface area contributed by atoms with E-state index in [-0.39, 0.29) is 0 Å². The number of quaternary nitrogens is 1. The number of nitrogens with one attached hydrogen (secondary N) is 1. The molecule has 0 unspecified atom stereocenters. The van der Waals surface area contributed by atoms with Gasteiger partial charge in [0.05, 0.1) is 38.5 Å². The highest BCUT2D eigenvalue weighted by Gasteiger charge is 2.24. The van der Waals surface area contributed by atoms with Crippen molar-refractivity contribution in [2.45, 2.75) is 13.5 Å². The van der Waals surface area contributed by atoms with E-state index in [2.05, 4.69) is 45.1 Å². The minimum absolute atomic E-state index is 0.315. The molecule has 138 valence electrons. The van der Waals surface area contributed by atoms with Gasteiger partial charge in [-0.25, -0.2) is 0 Å². The fraction of sp³-hybridized carbons (Fsp3) is 0.400. The SMILES string of the molecule is CCOc1ccccc1N1CC[NH+](Cc2cc3c(cc2Br)OCO3)CC1. The molecule has 0 bridgehead atoms. The summed E-state index contributed by atoms with van der Waals surface area (Å²) in [6.07, 6.45) is 0. The Morgan fingerprint density at radius 2 is 1.85 bits per heavy atom. The Bertz CT molecular complexity index is 776. The minimum Gasteiger partial charge on any atom is -0.492 e. The standard InChI is InChI=1S/C20H23BrN2O3/c1-2-24-18-6-4-3-5-17(18)23-9-7-22(8-10-23)13-15-11-19-20(12-16(15)21)26-14-25-19/h3-6,11-12H,2,7-10,13-14H2,1H3/p+1. The van der Waals surface area contributed by atoms with Gasteiger partial charge < -0.3 is 24.0 Å². The molecule has 2 heterocycles. The van der Waals surface area contributed by atoms with Crippen LogP contribution in [0.1, 0.15) is 12.5 Å². The number of nitrogens with zero attached hydrogens (tertiary/aromatic N) is 1. The molecule has 0 spiro atoms. The number of fused-ring (bicyclic) bond motifs is 1. The van der Waals surface area contributed by atoms with Crippen LogP contribution in [0.15, 0.2) is 40.9 Å². The van der Waals surface area contributed by atoms with Crippen LogP contribution < -0.4 is 24.0 Å². The van der Waals surface area contributed by atoms with Gasteiger partial charge in [0, 0.05) is 10.0 Å². The van der Waals surface area contributed by atoms with Gasteiger partial charge in [0.1, 0.15) is 12.3 Å². The maximum absolute atomic E-state index is 5.79. The number of anilines is 1.